The Labute approximate surface area is 145 Å². The summed E-state index contributed by atoms with van der Waals surface area (Å²) in [6, 6.07) is 9.63. The van der Waals surface area contributed by atoms with E-state index in [-0.39, 0.29) is 18.8 Å². The molecule has 2 saturated heterocycles. The number of hydrogen-bond acceptors (Lipinski definition) is 4. The Hall–Kier alpha value is -1.79. The minimum Gasteiger partial charge on any atom is -0.298 e. The number of hydrogen-bond donors (Lipinski definition) is 0. The Morgan fingerprint density at radius 3 is 2.33 bits per heavy atom. The number of nitrogens with zero attached hydrogens (tertiary/aromatic N) is 3. The van der Waals surface area contributed by atoms with Crippen LogP contribution in [-0.2, 0) is 9.09 Å². The maximum Gasteiger partial charge on any atom is 0.346 e. The molecule has 0 aliphatic carbocycles. The summed E-state index contributed by atoms with van der Waals surface area (Å²) in [7, 11) is -3.93. The van der Waals surface area contributed by atoms with Crippen molar-refractivity contribution in [1.29, 1.82) is 0 Å². The second-order valence-corrected chi connectivity index (χ2v) is 7.80. The average Bonchev–Trinajstić information content (AvgIpc) is 3.47. The number of nitro benzene ring substituents is 1. The Morgan fingerprint density at radius 1 is 1.21 bits per heavy atom. The van der Waals surface area contributed by atoms with Gasteiger partial charge in [0.25, 0.3) is 5.69 Å². The highest BCUT2D eigenvalue weighted by Gasteiger charge is 2.50. The third-order valence-electron chi connectivity index (χ3n) is 4.07. The highest BCUT2D eigenvalue weighted by Crippen LogP contribution is 2.63. The van der Waals surface area contributed by atoms with E-state index < -0.39 is 31.7 Å². The molecule has 0 N–H and O–H groups in total. The molecular formula is C16H18N3O4P. The molecule has 7 nitrogen and oxygen atoms in total. The van der Waals surface area contributed by atoms with Gasteiger partial charge in [-0.05, 0) is 30.0 Å². The van der Waals surface area contributed by atoms with Gasteiger partial charge in [-0.15, -0.1) is 0 Å². The van der Waals surface area contributed by atoms with Crippen molar-refractivity contribution in [2.75, 3.05) is 26.1 Å². The van der Waals surface area contributed by atoms with Crippen molar-refractivity contribution in [2.45, 2.75) is 13.0 Å². The van der Waals surface area contributed by atoms with Crippen molar-refractivity contribution >= 4 is 24.1 Å². The van der Waals surface area contributed by atoms with Crippen LogP contribution in [-0.4, -0.2) is 40.3 Å². The van der Waals surface area contributed by atoms with Gasteiger partial charge in [-0.2, -0.15) is 0 Å². The van der Waals surface area contributed by atoms with Gasteiger partial charge in [0.15, 0.2) is 0 Å². The van der Waals surface area contributed by atoms with E-state index >= 15 is 0 Å². The molecule has 2 aromatic carbocycles. The Bertz CT molecular complexity index is 1010. The number of nitro groups is 1. The third-order valence-corrected chi connectivity index (χ3v) is 6.45. The Balaban J connectivity index is 1.72. The molecule has 0 radical (unpaired) electrons. The van der Waals surface area contributed by atoms with Crippen molar-refractivity contribution in [1.82, 2.24) is 9.34 Å². The van der Waals surface area contributed by atoms with Crippen LogP contribution in [0.2, 0.25) is 0 Å². The molecule has 0 spiro atoms. The lowest BCUT2D eigenvalue weighted by molar-refractivity contribution is -0.383. The summed E-state index contributed by atoms with van der Waals surface area (Å²) in [6.07, 6.45) is -0.802. The molecule has 2 unspecified atom stereocenters. The van der Waals surface area contributed by atoms with Crippen molar-refractivity contribution in [2.24, 2.45) is 0 Å². The van der Waals surface area contributed by atoms with Gasteiger partial charge in [-0.25, -0.2) is 9.34 Å². The zero-order valence-electron chi connectivity index (χ0n) is 16.9. The maximum atomic E-state index is 13.5. The van der Waals surface area contributed by atoms with E-state index in [1.165, 1.54) is 12.1 Å². The first-order valence-corrected chi connectivity index (χ1v) is 9.01. The second-order valence-electron chi connectivity index (χ2n) is 5.65. The summed E-state index contributed by atoms with van der Waals surface area (Å²) in [4.78, 5) is 10.8. The van der Waals surface area contributed by atoms with Gasteiger partial charge in [0.2, 0.25) is 0 Å². The Morgan fingerprint density at radius 2 is 1.79 bits per heavy atom. The zero-order valence-corrected chi connectivity index (χ0v) is 13.8. The van der Waals surface area contributed by atoms with Gasteiger partial charge in [0, 0.05) is 37.6 Å². The smallest absolute Gasteiger partial charge is 0.298 e. The van der Waals surface area contributed by atoms with Crippen LogP contribution >= 0.6 is 7.67 Å². The molecule has 24 heavy (non-hydrogen) atoms. The fourth-order valence-corrected chi connectivity index (χ4v) is 4.60. The molecule has 126 valence electrons. The van der Waals surface area contributed by atoms with Gasteiger partial charge < -0.3 is 0 Å². The first-order chi connectivity index (χ1) is 13.0. The van der Waals surface area contributed by atoms with Crippen molar-refractivity contribution < 1.29 is 19.5 Å². The minimum absolute atomic E-state index is 0.0562. The fraction of sp³-hybridized carbons (Fsp3) is 0.375. The summed E-state index contributed by atoms with van der Waals surface area (Å²) in [5, 5.41) is 12.3. The molecule has 4 rings (SSSR count). The van der Waals surface area contributed by atoms with Crippen LogP contribution in [0.1, 0.15) is 24.1 Å². The standard InChI is InChI=1S/C16H18N3O4P/c1-12(23-24(22,17-8-9-17)18-10-11-18)13-6-7-16(19(20)21)15-5-3-2-4-14(13)15/h2-7,12H,8-11H2,1H3/t12-/m0/s1/i8D2,10D2/t12-,17?,18?,24?. The van der Waals surface area contributed by atoms with Gasteiger partial charge in [0.1, 0.15) is 0 Å². The molecular weight excluding hydrogens is 329 g/mol. The largest absolute Gasteiger partial charge is 0.346 e. The average molecular weight is 351 g/mol. The number of rotatable bonds is 6. The molecule has 2 aromatic rings. The van der Waals surface area contributed by atoms with E-state index in [0.29, 0.717) is 16.3 Å². The molecule has 0 saturated carbocycles. The van der Waals surface area contributed by atoms with Crippen LogP contribution in [0.15, 0.2) is 36.4 Å². The molecule has 0 amide bonds. The fourth-order valence-electron chi connectivity index (χ4n) is 2.75. The van der Waals surface area contributed by atoms with Crippen LogP contribution in [0.25, 0.3) is 10.8 Å². The van der Waals surface area contributed by atoms with Gasteiger partial charge in [-0.1, -0.05) is 18.2 Å². The number of benzene rings is 2. The van der Waals surface area contributed by atoms with Crippen LogP contribution in [0.4, 0.5) is 5.69 Å². The Kier molecular flexibility index (Phi) is 2.75. The highest BCUT2D eigenvalue weighted by atomic mass is 31.2. The first kappa shape index (κ1) is 11.7. The van der Waals surface area contributed by atoms with Gasteiger partial charge in [0.05, 0.1) is 16.4 Å². The van der Waals surface area contributed by atoms with E-state index in [4.69, 9.17) is 10.0 Å². The van der Waals surface area contributed by atoms with Crippen molar-refractivity contribution in [3.8, 4) is 0 Å². The molecule has 3 atom stereocenters. The van der Waals surface area contributed by atoms with Crippen LogP contribution in [0.3, 0.4) is 0 Å². The molecule has 2 aliphatic heterocycles. The second kappa shape index (κ2) is 5.63. The summed E-state index contributed by atoms with van der Waals surface area (Å²) in [5.74, 6) is 0. The summed E-state index contributed by atoms with van der Waals surface area (Å²) in [5.41, 5.74) is 0.505. The van der Waals surface area contributed by atoms with Crippen LogP contribution < -0.4 is 0 Å². The normalized spacial score (nSPS) is 32.5. The van der Waals surface area contributed by atoms with Crippen LogP contribution in [0.5, 0.6) is 0 Å². The van der Waals surface area contributed by atoms with Gasteiger partial charge >= 0.3 is 7.67 Å². The summed E-state index contributed by atoms with van der Waals surface area (Å²) < 4.78 is 52.5. The zero-order chi connectivity index (χ0) is 20.5. The minimum atomic E-state index is -3.93. The molecule has 2 aliphatic rings. The monoisotopic (exact) mass is 351 g/mol. The van der Waals surface area contributed by atoms with E-state index in [1.807, 2.05) is 0 Å². The molecule has 0 bridgehead atoms. The lowest BCUT2D eigenvalue weighted by atomic mass is 10.00. The van der Waals surface area contributed by atoms with E-state index in [9.17, 15) is 14.7 Å². The lowest BCUT2D eigenvalue weighted by Gasteiger charge is -2.24. The SMILES string of the molecule is [2H]C1([2H])CN1P(=O)(O[C@@H](C)c1ccc([N+](=O)[O-])c2ccccc12)N1CC1([2H])[2H]. The third kappa shape index (κ3) is 2.63. The first-order valence-electron chi connectivity index (χ1n) is 9.48. The maximum absolute atomic E-state index is 13.5. The topological polar surface area (TPSA) is 75.5 Å². The molecule has 0 aromatic heterocycles. The van der Waals surface area contributed by atoms with Crippen molar-refractivity contribution in [3.63, 3.8) is 0 Å². The quantitative estimate of drug-likeness (QED) is 0.343. The number of non-ortho nitro benzene ring substituents is 1. The van der Waals surface area contributed by atoms with E-state index in [1.54, 1.807) is 31.2 Å². The van der Waals surface area contributed by atoms with Crippen LogP contribution in [0, 0.1) is 10.1 Å². The molecule has 2 fully saturated rings. The summed E-state index contributed by atoms with van der Waals surface area (Å²) >= 11 is 0. The predicted molar refractivity (Wildman–Crippen MR) is 90.9 cm³/mol. The van der Waals surface area contributed by atoms with E-state index in [0.717, 1.165) is 9.34 Å². The van der Waals surface area contributed by atoms with E-state index in [2.05, 4.69) is 0 Å². The molecule has 8 heteroatoms. The summed E-state index contributed by atoms with van der Waals surface area (Å²) in [6.45, 7) is -2.22. The predicted octanol–water partition coefficient (Wildman–Crippen LogP) is 3.56. The highest BCUT2D eigenvalue weighted by molar-refractivity contribution is 7.54. The molecule has 2 heterocycles. The van der Waals surface area contributed by atoms with Gasteiger partial charge in [-0.3, -0.25) is 19.2 Å². The number of fused-ring (bicyclic) bond motifs is 1. The van der Waals surface area contributed by atoms with Crippen molar-refractivity contribution in [3.05, 3.63) is 52.1 Å². The lowest BCUT2D eigenvalue weighted by Crippen LogP contribution is -2.11.